The van der Waals surface area contributed by atoms with Gasteiger partial charge < -0.3 is 5.32 Å². The molecule has 20 heavy (non-hydrogen) atoms. The molecule has 0 bridgehead atoms. The minimum atomic E-state index is 0.480. The lowest BCUT2D eigenvalue weighted by Gasteiger charge is -2.16. The third-order valence-electron chi connectivity index (χ3n) is 3.39. The molecule has 1 N–H and O–H groups in total. The number of thioether (sulfide) groups is 1. The van der Waals surface area contributed by atoms with Crippen LogP contribution in [0, 0.1) is 0 Å². The maximum absolute atomic E-state index is 3.52. The zero-order valence-electron chi connectivity index (χ0n) is 12.3. The van der Waals surface area contributed by atoms with Crippen molar-refractivity contribution in [1.29, 1.82) is 0 Å². The van der Waals surface area contributed by atoms with E-state index in [4.69, 9.17) is 0 Å². The molecule has 0 saturated heterocycles. The second-order valence-corrected chi connectivity index (χ2v) is 5.91. The van der Waals surface area contributed by atoms with Gasteiger partial charge in [0, 0.05) is 16.7 Å². The molecule has 2 aromatic carbocycles. The molecule has 2 aromatic rings. The number of rotatable bonds is 7. The van der Waals surface area contributed by atoms with Gasteiger partial charge in [-0.15, -0.1) is 11.8 Å². The molecule has 0 aliphatic rings. The van der Waals surface area contributed by atoms with Crippen LogP contribution in [-0.2, 0) is 5.75 Å². The first kappa shape index (κ1) is 15.1. The first-order valence-corrected chi connectivity index (χ1v) is 8.32. The fourth-order valence-electron chi connectivity index (χ4n) is 2.28. The second-order valence-electron chi connectivity index (χ2n) is 4.86. The van der Waals surface area contributed by atoms with E-state index in [-0.39, 0.29) is 0 Å². The molecule has 0 aliphatic carbocycles. The largest absolute Gasteiger partial charge is 0.310 e. The summed E-state index contributed by atoms with van der Waals surface area (Å²) >= 11 is 1.89. The van der Waals surface area contributed by atoms with Gasteiger partial charge in [0.1, 0.15) is 0 Å². The molecular formula is C18H23NS. The summed E-state index contributed by atoms with van der Waals surface area (Å²) in [6.45, 7) is 5.40. The van der Waals surface area contributed by atoms with Crippen molar-refractivity contribution in [2.75, 3.05) is 6.54 Å². The molecule has 0 spiro atoms. The van der Waals surface area contributed by atoms with Gasteiger partial charge in [-0.1, -0.05) is 56.3 Å². The summed E-state index contributed by atoms with van der Waals surface area (Å²) in [6.07, 6.45) is 1.13. The minimum absolute atomic E-state index is 0.480. The maximum Gasteiger partial charge on any atom is 0.0317 e. The SMILES string of the molecule is CCNC(CC)c1ccc(SCc2ccccc2)cc1. The molecule has 0 heterocycles. The second kappa shape index (κ2) is 8.13. The fraction of sp³-hybridized carbons (Fsp3) is 0.333. The summed E-state index contributed by atoms with van der Waals surface area (Å²) in [5.41, 5.74) is 2.76. The molecule has 2 rings (SSSR count). The Morgan fingerprint density at radius 3 is 2.25 bits per heavy atom. The Morgan fingerprint density at radius 1 is 0.950 bits per heavy atom. The van der Waals surface area contributed by atoms with Crippen molar-refractivity contribution in [2.24, 2.45) is 0 Å². The van der Waals surface area contributed by atoms with Gasteiger partial charge in [-0.3, -0.25) is 0 Å². The molecule has 1 atom stereocenters. The first-order valence-electron chi connectivity index (χ1n) is 7.33. The van der Waals surface area contributed by atoms with Gasteiger partial charge in [-0.2, -0.15) is 0 Å². The molecular weight excluding hydrogens is 262 g/mol. The van der Waals surface area contributed by atoms with Crippen LogP contribution >= 0.6 is 11.8 Å². The van der Waals surface area contributed by atoms with E-state index in [2.05, 4.69) is 73.8 Å². The highest BCUT2D eigenvalue weighted by atomic mass is 32.2. The number of nitrogens with one attached hydrogen (secondary N) is 1. The normalized spacial score (nSPS) is 12.3. The molecule has 1 nitrogen and oxygen atoms in total. The average Bonchev–Trinajstić information content (AvgIpc) is 2.52. The van der Waals surface area contributed by atoms with Crippen LogP contribution in [0.4, 0.5) is 0 Å². The van der Waals surface area contributed by atoms with Crippen LogP contribution in [0.1, 0.15) is 37.4 Å². The van der Waals surface area contributed by atoms with Gasteiger partial charge in [-0.05, 0) is 36.2 Å². The molecule has 0 aromatic heterocycles. The van der Waals surface area contributed by atoms with E-state index in [1.807, 2.05) is 11.8 Å². The summed E-state index contributed by atoms with van der Waals surface area (Å²) in [7, 11) is 0. The Kier molecular flexibility index (Phi) is 6.16. The average molecular weight is 285 g/mol. The highest BCUT2D eigenvalue weighted by Gasteiger charge is 2.07. The van der Waals surface area contributed by atoms with Crippen molar-refractivity contribution in [2.45, 2.75) is 37.0 Å². The van der Waals surface area contributed by atoms with Crippen molar-refractivity contribution in [1.82, 2.24) is 5.32 Å². The van der Waals surface area contributed by atoms with Gasteiger partial charge in [0.25, 0.3) is 0 Å². The Hall–Kier alpha value is -1.25. The van der Waals surface area contributed by atoms with E-state index in [1.165, 1.54) is 16.0 Å². The quantitative estimate of drug-likeness (QED) is 0.715. The maximum atomic E-state index is 3.52. The lowest BCUT2D eigenvalue weighted by atomic mass is 10.1. The van der Waals surface area contributed by atoms with E-state index in [1.54, 1.807) is 0 Å². The molecule has 0 aliphatic heterocycles. The van der Waals surface area contributed by atoms with Crippen molar-refractivity contribution in [3.63, 3.8) is 0 Å². The van der Waals surface area contributed by atoms with Gasteiger partial charge >= 0.3 is 0 Å². The Balaban J connectivity index is 1.94. The summed E-state index contributed by atoms with van der Waals surface area (Å²) in [5.74, 6) is 1.03. The molecule has 0 fully saturated rings. The lowest BCUT2D eigenvalue weighted by Crippen LogP contribution is -2.19. The van der Waals surface area contributed by atoms with Crippen LogP contribution < -0.4 is 5.32 Å². The van der Waals surface area contributed by atoms with Gasteiger partial charge in [0.05, 0.1) is 0 Å². The Labute approximate surface area is 126 Å². The summed E-state index contributed by atoms with van der Waals surface area (Å²) in [6, 6.07) is 20.1. The number of hydrogen-bond acceptors (Lipinski definition) is 2. The highest BCUT2D eigenvalue weighted by Crippen LogP contribution is 2.25. The van der Waals surface area contributed by atoms with E-state index in [0.29, 0.717) is 6.04 Å². The van der Waals surface area contributed by atoms with Gasteiger partial charge in [0.2, 0.25) is 0 Å². The third kappa shape index (κ3) is 4.39. The van der Waals surface area contributed by atoms with Crippen LogP contribution in [0.15, 0.2) is 59.5 Å². The topological polar surface area (TPSA) is 12.0 Å². The van der Waals surface area contributed by atoms with Crippen LogP contribution in [0.25, 0.3) is 0 Å². The first-order chi connectivity index (χ1) is 9.83. The molecule has 1 unspecified atom stereocenters. The number of benzene rings is 2. The standard InChI is InChI=1S/C18H23NS/c1-3-18(19-4-2)16-10-12-17(13-11-16)20-14-15-8-6-5-7-9-15/h5-13,18-19H,3-4,14H2,1-2H3. The van der Waals surface area contributed by atoms with Crippen molar-refractivity contribution < 1.29 is 0 Å². The van der Waals surface area contributed by atoms with E-state index in [0.717, 1.165) is 18.7 Å². The third-order valence-corrected chi connectivity index (χ3v) is 4.47. The zero-order valence-corrected chi connectivity index (χ0v) is 13.1. The van der Waals surface area contributed by atoms with Crippen molar-refractivity contribution >= 4 is 11.8 Å². The minimum Gasteiger partial charge on any atom is -0.310 e. The molecule has 106 valence electrons. The van der Waals surface area contributed by atoms with E-state index >= 15 is 0 Å². The van der Waals surface area contributed by atoms with Crippen molar-refractivity contribution in [3.05, 3.63) is 65.7 Å². The van der Waals surface area contributed by atoms with Crippen molar-refractivity contribution in [3.8, 4) is 0 Å². The Morgan fingerprint density at radius 2 is 1.65 bits per heavy atom. The van der Waals surface area contributed by atoms with Crippen LogP contribution in [0.5, 0.6) is 0 Å². The van der Waals surface area contributed by atoms with E-state index < -0.39 is 0 Å². The van der Waals surface area contributed by atoms with Crippen LogP contribution in [-0.4, -0.2) is 6.54 Å². The monoisotopic (exact) mass is 285 g/mol. The predicted molar refractivity (Wildman–Crippen MR) is 89.2 cm³/mol. The lowest BCUT2D eigenvalue weighted by molar-refractivity contribution is 0.537. The van der Waals surface area contributed by atoms with Gasteiger partial charge in [-0.25, -0.2) is 0 Å². The molecule has 2 heteroatoms. The fourth-order valence-corrected chi connectivity index (χ4v) is 3.14. The Bertz CT molecular complexity index is 493. The van der Waals surface area contributed by atoms with Crippen LogP contribution in [0.3, 0.4) is 0 Å². The summed E-state index contributed by atoms with van der Waals surface area (Å²) in [5, 5.41) is 3.52. The summed E-state index contributed by atoms with van der Waals surface area (Å²) in [4.78, 5) is 1.34. The predicted octanol–water partition coefficient (Wildman–Crippen LogP) is 5.04. The molecule has 0 saturated carbocycles. The zero-order chi connectivity index (χ0) is 14.2. The summed E-state index contributed by atoms with van der Waals surface area (Å²) < 4.78 is 0. The number of hydrogen-bond donors (Lipinski definition) is 1. The highest BCUT2D eigenvalue weighted by molar-refractivity contribution is 7.98. The van der Waals surface area contributed by atoms with Gasteiger partial charge in [0.15, 0.2) is 0 Å². The molecule has 0 radical (unpaired) electrons. The molecule has 0 amide bonds. The van der Waals surface area contributed by atoms with E-state index in [9.17, 15) is 0 Å². The van der Waals surface area contributed by atoms with Crippen LogP contribution in [0.2, 0.25) is 0 Å². The smallest absolute Gasteiger partial charge is 0.0317 e.